The molecule has 1 fully saturated rings. The van der Waals surface area contributed by atoms with Crippen LogP contribution >= 0.6 is 23.1 Å². The third kappa shape index (κ3) is 5.52. The summed E-state index contributed by atoms with van der Waals surface area (Å²) >= 11 is 3.14. The van der Waals surface area contributed by atoms with Crippen molar-refractivity contribution in [1.82, 2.24) is 14.8 Å². The highest BCUT2D eigenvalue weighted by molar-refractivity contribution is 8.00. The summed E-state index contributed by atoms with van der Waals surface area (Å²) in [5.41, 5.74) is 1.12. The summed E-state index contributed by atoms with van der Waals surface area (Å²) in [4.78, 5) is 22.2. The van der Waals surface area contributed by atoms with Crippen LogP contribution in [-0.4, -0.2) is 52.6 Å². The van der Waals surface area contributed by atoms with Gasteiger partial charge in [0.25, 0.3) is 0 Å². The first-order chi connectivity index (χ1) is 12.1. The molecule has 25 heavy (non-hydrogen) atoms. The zero-order valence-electron chi connectivity index (χ0n) is 14.3. The fourth-order valence-corrected chi connectivity index (χ4v) is 4.26. The van der Waals surface area contributed by atoms with Gasteiger partial charge in [-0.3, -0.25) is 9.69 Å². The lowest BCUT2D eigenvalue weighted by Gasteiger charge is -2.21. The van der Waals surface area contributed by atoms with E-state index in [1.807, 2.05) is 11.8 Å². The third-order valence-electron chi connectivity index (χ3n) is 4.17. The molecule has 3 rings (SSSR count). The summed E-state index contributed by atoms with van der Waals surface area (Å²) in [5, 5.41) is 3.21. The van der Waals surface area contributed by atoms with Crippen LogP contribution in [0.4, 0.5) is 4.39 Å². The quantitative estimate of drug-likeness (QED) is 0.746. The van der Waals surface area contributed by atoms with Gasteiger partial charge < -0.3 is 4.90 Å². The number of carbonyl (C=O) groups excluding carboxylic acids is 1. The van der Waals surface area contributed by atoms with Crippen LogP contribution in [0.5, 0.6) is 0 Å². The highest BCUT2D eigenvalue weighted by Crippen LogP contribution is 2.19. The zero-order chi connectivity index (χ0) is 17.6. The molecule has 0 bridgehead atoms. The number of halogens is 1. The van der Waals surface area contributed by atoms with E-state index in [-0.39, 0.29) is 11.7 Å². The Labute approximate surface area is 156 Å². The molecule has 0 spiro atoms. The molecule has 2 aromatic rings. The summed E-state index contributed by atoms with van der Waals surface area (Å²) in [6, 6.07) is 6.29. The zero-order valence-corrected chi connectivity index (χ0v) is 15.9. The Morgan fingerprint density at radius 2 is 2.04 bits per heavy atom. The van der Waals surface area contributed by atoms with Gasteiger partial charge in [-0.1, -0.05) is 0 Å². The van der Waals surface area contributed by atoms with Gasteiger partial charge in [-0.25, -0.2) is 9.37 Å². The molecule has 0 N–H and O–H groups in total. The molecule has 1 amide bonds. The van der Waals surface area contributed by atoms with Crippen molar-refractivity contribution in [1.29, 1.82) is 0 Å². The maximum atomic E-state index is 12.9. The van der Waals surface area contributed by atoms with Gasteiger partial charge in [0, 0.05) is 43.0 Å². The summed E-state index contributed by atoms with van der Waals surface area (Å²) in [6.07, 6.45) is 0.982. The molecule has 0 unspecified atom stereocenters. The summed E-state index contributed by atoms with van der Waals surface area (Å²) in [6.45, 7) is 6.31. The Morgan fingerprint density at radius 1 is 1.24 bits per heavy atom. The minimum Gasteiger partial charge on any atom is -0.341 e. The van der Waals surface area contributed by atoms with Crippen LogP contribution in [0.1, 0.15) is 17.1 Å². The number of rotatable bonds is 5. The first-order valence-corrected chi connectivity index (χ1v) is 10.3. The highest BCUT2D eigenvalue weighted by Gasteiger charge is 2.19. The molecule has 2 heterocycles. The maximum Gasteiger partial charge on any atom is 0.232 e. The van der Waals surface area contributed by atoms with Crippen molar-refractivity contribution < 1.29 is 9.18 Å². The van der Waals surface area contributed by atoms with Crippen LogP contribution < -0.4 is 0 Å². The Hall–Kier alpha value is -1.44. The second-order valence-corrected chi connectivity index (χ2v) is 8.22. The number of carbonyl (C=O) groups is 1. The smallest absolute Gasteiger partial charge is 0.232 e. The lowest BCUT2D eigenvalue weighted by molar-refractivity contribution is -0.128. The van der Waals surface area contributed by atoms with Crippen molar-refractivity contribution in [2.24, 2.45) is 0 Å². The normalized spacial score (nSPS) is 16.0. The van der Waals surface area contributed by atoms with Crippen molar-refractivity contribution in [3.8, 4) is 0 Å². The van der Waals surface area contributed by atoms with Gasteiger partial charge in [0.1, 0.15) is 5.82 Å². The predicted octanol–water partition coefficient (Wildman–Crippen LogP) is 3.42. The number of aryl methyl sites for hydroxylation is 1. The average molecular weight is 380 g/mol. The molecule has 0 saturated carbocycles. The number of thioether (sulfide) groups is 1. The van der Waals surface area contributed by atoms with E-state index in [9.17, 15) is 9.18 Å². The molecule has 0 radical (unpaired) electrons. The Morgan fingerprint density at radius 3 is 2.76 bits per heavy atom. The van der Waals surface area contributed by atoms with Gasteiger partial charge in [0.05, 0.1) is 16.5 Å². The number of amides is 1. The van der Waals surface area contributed by atoms with Crippen LogP contribution in [-0.2, 0) is 11.3 Å². The molecule has 0 atom stereocenters. The summed E-state index contributed by atoms with van der Waals surface area (Å²) < 4.78 is 12.9. The monoisotopic (exact) mass is 379 g/mol. The molecule has 1 aliphatic heterocycles. The minimum absolute atomic E-state index is 0.153. The van der Waals surface area contributed by atoms with Gasteiger partial charge in [-0.05, 0) is 37.6 Å². The average Bonchev–Trinajstić information content (AvgIpc) is 2.87. The first kappa shape index (κ1) is 18.4. The minimum atomic E-state index is -0.251. The number of aromatic nitrogens is 1. The lowest BCUT2D eigenvalue weighted by Crippen LogP contribution is -2.36. The van der Waals surface area contributed by atoms with E-state index in [2.05, 4.69) is 15.3 Å². The molecule has 0 aliphatic carbocycles. The summed E-state index contributed by atoms with van der Waals surface area (Å²) in [5.74, 6) is 0.302. The topological polar surface area (TPSA) is 36.4 Å². The second kappa shape index (κ2) is 8.78. The molecule has 1 saturated heterocycles. The molecular weight excluding hydrogens is 357 g/mol. The SMILES string of the molecule is Cc1nc(CN2CCCN(C(=O)CSc3ccc(F)cc3)CC2)cs1. The van der Waals surface area contributed by atoms with Crippen molar-refractivity contribution in [3.05, 3.63) is 46.2 Å². The number of hydrogen-bond donors (Lipinski definition) is 0. The Balaban J connectivity index is 1.46. The van der Waals surface area contributed by atoms with Crippen LogP contribution in [0.2, 0.25) is 0 Å². The fraction of sp³-hybridized carbons (Fsp3) is 0.444. The van der Waals surface area contributed by atoms with Crippen molar-refractivity contribution in [2.45, 2.75) is 24.8 Å². The van der Waals surface area contributed by atoms with Crippen LogP contribution in [0.3, 0.4) is 0 Å². The summed E-state index contributed by atoms with van der Waals surface area (Å²) in [7, 11) is 0. The third-order valence-corrected chi connectivity index (χ3v) is 5.99. The number of benzene rings is 1. The van der Waals surface area contributed by atoms with Gasteiger partial charge >= 0.3 is 0 Å². The number of thiazole rings is 1. The van der Waals surface area contributed by atoms with Crippen LogP contribution in [0.25, 0.3) is 0 Å². The van der Waals surface area contributed by atoms with Crippen molar-refractivity contribution in [2.75, 3.05) is 31.9 Å². The van der Waals surface area contributed by atoms with E-state index >= 15 is 0 Å². The molecule has 4 nitrogen and oxygen atoms in total. The van der Waals surface area contributed by atoms with Gasteiger partial charge in [0.15, 0.2) is 0 Å². The lowest BCUT2D eigenvalue weighted by atomic mass is 10.3. The van der Waals surface area contributed by atoms with Crippen molar-refractivity contribution >= 4 is 29.0 Å². The van der Waals surface area contributed by atoms with Gasteiger partial charge in [-0.15, -0.1) is 23.1 Å². The maximum absolute atomic E-state index is 12.9. The number of nitrogens with zero attached hydrogens (tertiary/aromatic N) is 3. The second-order valence-electron chi connectivity index (χ2n) is 6.11. The standard InChI is InChI=1S/C18H22FN3OS2/c1-14-20-16(12-24-14)11-21-7-2-8-22(10-9-21)18(23)13-25-17-5-3-15(19)4-6-17/h3-6,12H,2,7-11,13H2,1H3. The van der Waals surface area contributed by atoms with E-state index < -0.39 is 0 Å². The first-order valence-electron chi connectivity index (χ1n) is 8.39. The van der Waals surface area contributed by atoms with Gasteiger partial charge in [-0.2, -0.15) is 0 Å². The Bertz CT molecular complexity index is 705. The molecule has 1 aliphatic rings. The van der Waals surface area contributed by atoms with Crippen LogP contribution in [0.15, 0.2) is 34.5 Å². The van der Waals surface area contributed by atoms with Crippen molar-refractivity contribution in [3.63, 3.8) is 0 Å². The van der Waals surface area contributed by atoms with E-state index in [0.29, 0.717) is 5.75 Å². The van der Waals surface area contributed by atoms with E-state index in [1.165, 1.54) is 23.9 Å². The molecule has 1 aromatic carbocycles. The molecule has 134 valence electrons. The fourth-order valence-electron chi connectivity index (χ4n) is 2.86. The molecular formula is C18H22FN3OS2. The highest BCUT2D eigenvalue weighted by atomic mass is 32.2. The largest absolute Gasteiger partial charge is 0.341 e. The van der Waals surface area contributed by atoms with E-state index in [0.717, 1.165) is 54.7 Å². The van der Waals surface area contributed by atoms with E-state index in [1.54, 1.807) is 23.5 Å². The van der Waals surface area contributed by atoms with Gasteiger partial charge in [0.2, 0.25) is 5.91 Å². The molecule has 7 heteroatoms. The van der Waals surface area contributed by atoms with Crippen LogP contribution in [0, 0.1) is 12.7 Å². The Kier molecular flexibility index (Phi) is 6.45. The number of hydrogen-bond acceptors (Lipinski definition) is 5. The molecule has 1 aromatic heterocycles. The predicted molar refractivity (Wildman–Crippen MR) is 100 cm³/mol. The van der Waals surface area contributed by atoms with E-state index in [4.69, 9.17) is 0 Å².